The topological polar surface area (TPSA) is 126 Å². The molecule has 5 atom stereocenters. The number of amides is 1. The minimum atomic E-state index is -1.07. The first-order valence-electron chi connectivity index (χ1n) is 6.88. The average Bonchev–Trinajstić information content (AvgIpc) is 2.78. The van der Waals surface area contributed by atoms with Crippen LogP contribution in [0.5, 0.6) is 0 Å². The summed E-state index contributed by atoms with van der Waals surface area (Å²) in [5.41, 5.74) is 0. The van der Waals surface area contributed by atoms with E-state index in [2.05, 4.69) is 5.32 Å². The number of carbonyl (C=O) groups is 4. The van der Waals surface area contributed by atoms with Gasteiger partial charge in [0.1, 0.15) is 18.8 Å². The zero-order valence-electron chi connectivity index (χ0n) is 12.8. The zero-order valence-corrected chi connectivity index (χ0v) is 12.8. The second kappa shape index (κ2) is 6.82. The molecule has 0 saturated carbocycles. The lowest BCUT2D eigenvalue weighted by molar-refractivity contribution is -0.249. The van der Waals surface area contributed by atoms with Crippen LogP contribution in [0.2, 0.25) is 0 Å². The maximum absolute atomic E-state index is 11.4. The molecule has 0 spiro atoms. The van der Waals surface area contributed by atoms with E-state index in [1.165, 1.54) is 20.8 Å². The number of ether oxygens (including phenoxy) is 5. The van der Waals surface area contributed by atoms with Crippen molar-refractivity contribution >= 4 is 24.0 Å². The monoisotopic (exact) mass is 331 g/mol. The fraction of sp³-hybridized carbons (Fsp3) is 0.692. The third kappa shape index (κ3) is 4.09. The Kier molecular flexibility index (Phi) is 5.04. The van der Waals surface area contributed by atoms with E-state index in [0.717, 1.165) is 0 Å². The van der Waals surface area contributed by atoms with Crippen molar-refractivity contribution in [2.24, 2.45) is 0 Å². The first kappa shape index (κ1) is 17.0. The van der Waals surface area contributed by atoms with Gasteiger partial charge >= 0.3 is 24.0 Å². The minimum Gasteiger partial charge on any atom is -0.463 e. The van der Waals surface area contributed by atoms with Crippen LogP contribution in [0.3, 0.4) is 0 Å². The lowest BCUT2D eigenvalue weighted by Crippen LogP contribution is -2.62. The van der Waals surface area contributed by atoms with Crippen LogP contribution in [0.25, 0.3) is 0 Å². The Morgan fingerprint density at radius 1 is 1.04 bits per heavy atom. The molecule has 0 radical (unpaired) electrons. The van der Waals surface area contributed by atoms with Crippen molar-refractivity contribution < 1.29 is 42.9 Å². The predicted molar refractivity (Wildman–Crippen MR) is 69.8 cm³/mol. The number of hydrogen-bond donors (Lipinski definition) is 1. The van der Waals surface area contributed by atoms with Gasteiger partial charge in [0.05, 0.1) is 0 Å². The second-order valence-corrected chi connectivity index (χ2v) is 5.07. The predicted octanol–water partition coefficient (Wildman–Crippen LogP) is -0.754. The highest BCUT2D eigenvalue weighted by Gasteiger charge is 2.55. The summed E-state index contributed by atoms with van der Waals surface area (Å²) < 4.78 is 25.6. The fourth-order valence-corrected chi connectivity index (χ4v) is 2.43. The van der Waals surface area contributed by atoms with Crippen molar-refractivity contribution in [3.05, 3.63) is 0 Å². The molecule has 0 aliphatic carbocycles. The third-order valence-electron chi connectivity index (χ3n) is 3.21. The van der Waals surface area contributed by atoms with Crippen LogP contribution in [0.15, 0.2) is 0 Å². The number of alkyl carbamates (subject to hydrolysis) is 1. The highest BCUT2D eigenvalue weighted by molar-refractivity contribution is 5.71. The van der Waals surface area contributed by atoms with E-state index in [1.807, 2.05) is 0 Å². The first-order valence-corrected chi connectivity index (χ1v) is 6.88. The molecule has 0 unspecified atom stereocenters. The third-order valence-corrected chi connectivity index (χ3v) is 3.21. The average molecular weight is 331 g/mol. The van der Waals surface area contributed by atoms with Crippen molar-refractivity contribution in [1.82, 2.24) is 5.32 Å². The van der Waals surface area contributed by atoms with Gasteiger partial charge in [0, 0.05) is 20.8 Å². The molecule has 2 heterocycles. The molecule has 128 valence electrons. The second-order valence-electron chi connectivity index (χ2n) is 5.07. The Hall–Kier alpha value is -2.36. The lowest BCUT2D eigenvalue weighted by Gasteiger charge is -2.40. The summed E-state index contributed by atoms with van der Waals surface area (Å²) in [5, 5.41) is 2.44. The smallest absolute Gasteiger partial charge is 0.410 e. The molecule has 2 rings (SSSR count). The largest absolute Gasteiger partial charge is 0.463 e. The van der Waals surface area contributed by atoms with Crippen LogP contribution in [-0.2, 0) is 38.1 Å². The van der Waals surface area contributed by atoms with Gasteiger partial charge in [-0.25, -0.2) is 4.79 Å². The zero-order chi connectivity index (χ0) is 17.1. The van der Waals surface area contributed by atoms with Crippen LogP contribution in [0.4, 0.5) is 4.79 Å². The quantitative estimate of drug-likeness (QED) is 0.522. The standard InChI is InChI=1S/C13H17NO9/c1-5(15)19-4-8-10(20-6(2)16)11(21-7(3)17)9-12(22-8)23-13(18)14-9/h8-12H,4H2,1-3H3,(H,14,18)/t8-,9+,10+,11+,12-/m0/s1. The van der Waals surface area contributed by atoms with Gasteiger partial charge in [0.25, 0.3) is 0 Å². The van der Waals surface area contributed by atoms with Crippen LogP contribution >= 0.6 is 0 Å². The molecule has 2 aliphatic rings. The van der Waals surface area contributed by atoms with Crippen LogP contribution in [0.1, 0.15) is 20.8 Å². The van der Waals surface area contributed by atoms with Crippen molar-refractivity contribution in [2.45, 2.75) is 51.4 Å². The van der Waals surface area contributed by atoms with Gasteiger partial charge in [0.2, 0.25) is 6.29 Å². The number of nitrogens with one attached hydrogen (secondary N) is 1. The Morgan fingerprint density at radius 2 is 1.65 bits per heavy atom. The summed E-state index contributed by atoms with van der Waals surface area (Å²) >= 11 is 0. The van der Waals surface area contributed by atoms with E-state index in [4.69, 9.17) is 23.7 Å². The normalized spacial score (nSPS) is 32.1. The SMILES string of the molecule is CC(=O)OC[C@@H]1O[C@H]2OC(=O)N[C@@H]2[C@@H](OC(C)=O)[C@@H]1OC(C)=O. The molecule has 1 N–H and O–H groups in total. The van der Waals surface area contributed by atoms with Gasteiger partial charge < -0.3 is 29.0 Å². The number of hydrogen-bond acceptors (Lipinski definition) is 9. The Labute approximate surface area is 131 Å². The number of carbonyl (C=O) groups excluding carboxylic acids is 4. The number of rotatable bonds is 4. The van der Waals surface area contributed by atoms with Crippen LogP contribution in [0, 0.1) is 0 Å². The van der Waals surface area contributed by atoms with Gasteiger partial charge in [-0.1, -0.05) is 0 Å². The molecular weight excluding hydrogens is 314 g/mol. The van der Waals surface area contributed by atoms with Gasteiger partial charge in [-0.2, -0.15) is 0 Å². The van der Waals surface area contributed by atoms with Gasteiger partial charge in [-0.05, 0) is 0 Å². The van der Waals surface area contributed by atoms with Crippen molar-refractivity contribution in [3.63, 3.8) is 0 Å². The van der Waals surface area contributed by atoms with E-state index in [-0.39, 0.29) is 6.61 Å². The van der Waals surface area contributed by atoms with E-state index in [9.17, 15) is 19.2 Å². The summed E-state index contributed by atoms with van der Waals surface area (Å²) in [6.07, 6.45) is -4.88. The summed E-state index contributed by atoms with van der Waals surface area (Å²) in [7, 11) is 0. The van der Waals surface area contributed by atoms with Crippen molar-refractivity contribution in [1.29, 1.82) is 0 Å². The molecule has 2 saturated heterocycles. The molecule has 0 aromatic rings. The Bertz CT molecular complexity index is 520. The van der Waals surface area contributed by atoms with Crippen molar-refractivity contribution in [3.8, 4) is 0 Å². The summed E-state index contributed by atoms with van der Waals surface area (Å²) in [4.78, 5) is 45.1. The summed E-state index contributed by atoms with van der Waals surface area (Å²) in [6, 6.07) is -0.843. The fourth-order valence-electron chi connectivity index (χ4n) is 2.43. The van der Waals surface area contributed by atoms with E-state index >= 15 is 0 Å². The van der Waals surface area contributed by atoms with Gasteiger partial charge in [-0.15, -0.1) is 0 Å². The molecule has 10 nitrogen and oxygen atoms in total. The summed E-state index contributed by atoms with van der Waals surface area (Å²) in [6.45, 7) is 3.29. The Balaban J connectivity index is 2.25. The van der Waals surface area contributed by atoms with E-state index in [1.54, 1.807) is 0 Å². The van der Waals surface area contributed by atoms with Gasteiger partial charge in [-0.3, -0.25) is 14.4 Å². The van der Waals surface area contributed by atoms with Crippen molar-refractivity contribution in [2.75, 3.05) is 6.61 Å². The lowest BCUT2D eigenvalue weighted by atomic mass is 9.97. The molecule has 0 aromatic carbocycles. The number of fused-ring (bicyclic) bond motifs is 1. The highest BCUT2D eigenvalue weighted by atomic mass is 16.7. The van der Waals surface area contributed by atoms with Crippen LogP contribution in [-0.4, -0.2) is 61.3 Å². The first-order chi connectivity index (χ1) is 10.8. The van der Waals surface area contributed by atoms with E-state index < -0.39 is 54.6 Å². The number of esters is 3. The Morgan fingerprint density at radius 3 is 2.22 bits per heavy atom. The van der Waals surface area contributed by atoms with E-state index in [0.29, 0.717) is 0 Å². The molecule has 1 amide bonds. The maximum atomic E-state index is 11.4. The minimum absolute atomic E-state index is 0.258. The van der Waals surface area contributed by atoms with Gasteiger partial charge in [0.15, 0.2) is 12.2 Å². The summed E-state index contributed by atoms with van der Waals surface area (Å²) in [5.74, 6) is -1.85. The highest BCUT2D eigenvalue weighted by Crippen LogP contribution is 2.30. The molecular formula is C13H17NO9. The molecule has 23 heavy (non-hydrogen) atoms. The maximum Gasteiger partial charge on any atom is 0.410 e. The molecule has 0 bridgehead atoms. The molecule has 0 aromatic heterocycles. The molecule has 2 aliphatic heterocycles. The molecule has 10 heteroatoms. The van der Waals surface area contributed by atoms with Crippen LogP contribution < -0.4 is 5.32 Å². The molecule has 2 fully saturated rings.